The summed E-state index contributed by atoms with van der Waals surface area (Å²) in [5.41, 5.74) is 0.995. The van der Waals surface area contributed by atoms with Gasteiger partial charge in [0, 0.05) is 25.9 Å². The molecule has 1 aliphatic rings. The van der Waals surface area contributed by atoms with Gasteiger partial charge in [0.2, 0.25) is 0 Å². The van der Waals surface area contributed by atoms with Crippen LogP contribution in [0.3, 0.4) is 0 Å². The number of rotatable bonds is 7. The molecule has 0 aliphatic carbocycles. The number of carbonyl (C=O) groups excluding carboxylic acids is 2. The topological polar surface area (TPSA) is 102 Å². The van der Waals surface area contributed by atoms with Crippen molar-refractivity contribution in [1.29, 1.82) is 0 Å². The Morgan fingerprint density at radius 2 is 2.15 bits per heavy atom. The van der Waals surface area contributed by atoms with Gasteiger partial charge in [0.1, 0.15) is 6.04 Å². The van der Waals surface area contributed by atoms with Crippen LogP contribution in [0.4, 0.5) is 4.79 Å². The summed E-state index contributed by atoms with van der Waals surface area (Å²) in [5, 5.41) is 11.3. The molecule has 1 N–H and O–H groups in total. The Labute approximate surface area is 159 Å². The lowest BCUT2D eigenvalue weighted by atomic mass is 10.1. The van der Waals surface area contributed by atoms with Crippen molar-refractivity contribution in [2.24, 2.45) is 0 Å². The predicted octanol–water partition coefficient (Wildman–Crippen LogP) is 1.29. The Bertz CT molecular complexity index is 827. The van der Waals surface area contributed by atoms with Crippen LogP contribution in [-0.2, 0) is 29.0 Å². The number of hydrogen-bond acceptors (Lipinski definition) is 6. The number of ether oxygens (including phenoxy) is 1. The van der Waals surface area contributed by atoms with Crippen molar-refractivity contribution < 1.29 is 14.3 Å². The zero-order valence-electron chi connectivity index (χ0n) is 13.9. The Morgan fingerprint density at radius 3 is 2.88 bits per heavy atom. The molecule has 3 heterocycles. The molecule has 26 heavy (non-hydrogen) atoms. The summed E-state index contributed by atoms with van der Waals surface area (Å²) in [6, 6.07) is 0.306. The van der Waals surface area contributed by atoms with E-state index in [0.29, 0.717) is 34.6 Å². The zero-order valence-corrected chi connectivity index (χ0v) is 15.4. The van der Waals surface area contributed by atoms with E-state index in [9.17, 15) is 9.59 Å². The number of nitrogens with one attached hydrogen (secondary N) is 1. The van der Waals surface area contributed by atoms with Crippen LogP contribution >= 0.6 is 23.2 Å². The lowest BCUT2D eigenvalue weighted by Crippen LogP contribution is -2.32. The van der Waals surface area contributed by atoms with Crippen molar-refractivity contribution in [2.45, 2.75) is 25.6 Å². The summed E-state index contributed by atoms with van der Waals surface area (Å²) in [6.45, 7) is 1.03. The average molecular weight is 399 g/mol. The maximum absolute atomic E-state index is 12.6. The van der Waals surface area contributed by atoms with Crippen LogP contribution in [0.25, 0.3) is 0 Å². The van der Waals surface area contributed by atoms with Gasteiger partial charge >= 0.3 is 6.03 Å². The van der Waals surface area contributed by atoms with Crippen LogP contribution in [0.5, 0.6) is 0 Å². The highest BCUT2D eigenvalue weighted by Gasteiger charge is 2.38. The fourth-order valence-electron chi connectivity index (χ4n) is 2.51. The second-order valence-corrected chi connectivity index (χ2v) is 6.52. The molecule has 1 saturated heterocycles. The first kappa shape index (κ1) is 18.6. The van der Waals surface area contributed by atoms with E-state index in [1.54, 1.807) is 18.0 Å². The van der Waals surface area contributed by atoms with Crippen LogP contribution < -0.4 is 5.32 Å². The highest BCUT2D eigenvalue weighted by Crippen LogP contribution is 2.21. The summed E-state index contributed by atoms with van der Waals surface area (Å²) >= 11 is 11.9. The number of carbonyl (C=O) groups is 2. The van der Waals surface area contributed by atoms with E-state index in [1.807, 2.05) is 0 Å². The minimum atomic E-state index is -0.707. The van der Waals surface area contributed by atoms with E-state index in [-0.39, 0.29) is 18.9 Å². The first-order valence-electron chi connectivity index (χ1n) is 7.77. The van der Waals surface area contributed by atoms with Gasteiger partial charge in [-0.1, -0.05) is 28.4 Å². The SMILES string of the molecule is COCCn1cc(CC2NC(=O)N(Cc3ncc(Cl)cc3Cl)C2=O)nn1. The Kier molecular flexibility index (Phi) is 5.70. The highest BCUT2D eigenvalue weighted by molar-refractivity contribution is 6.34. The molecule has 2 aromatic rings. The van der Waals surface area contributed by atoms with Gasteiger partial charge in [-0.15, -0.1) is 5.10 Å². The van der Waals surface area contributed by atoms with Crippen LogP contribution in [0.2, 0.25) is 10.0 Å². The van der Waals surface area contributed by atoms with Crippen LogP contribution in [0.1, 0.15) is 11.4 Å². The molecule has 0 bridgehead atoms. The second-order valence-electron chi connectivity index (χ2n) is 5.68. The maximum Gasteiger partial charge on any atom is 0.325 e. The molecule has 1 fully saturated rings. The molecule has 1 aliphatic heterocycles. The monoisotopic (exact) mass is 398 g/mol. The zero-order chi connectivity index (χ0) is 18.7. The number of aromatic nitrogens is 4. The molecular formula is C15H16Cl2N6O3. The van der Waals surface area contributed by atoms with Crippen molar-refractivity contribution in [3.8, 4) is 0 Å². The molecule has 0 spiro atoms. The quantitative estimate of drug-likeness (QED) is 0.704. The van der Waals surface area contributed by atoms with Gasteiger partial charge in [0.25, 0.3) is 5.91 Å². The molecule has 1 unspecified atom stereocenters. The first-order valence-corrected chi connectivity index (χ1v) is 8.53. The third kappa shape index (κ3) is 4.12. The van der Waals surface area contributed by atoms with Gasteiger partial charge < -0.3 is 10.1 Å². The first-order chi connectivity index (χ1) is 12.5. The highest BCUT2D eigenvalue weighted by atomic mass is 35.5. The summed E-state index contributed by atoms with van der Waals surface area (Å²) in [4.78, 5) is 29.9. The number of hydrogen-bond donors (Lipinski definition) is 1. The van der Waals surface area contributed by atoms with Crippen molar-refractivity contribution in [1.82, 2.24) is 30.2 Å². The largest absolute Gasteiger partial charge is 0.383 e. The van der Waals surface area contributed by atoms with Crippen LogP contribution in [-0.4, -0.2) is 56.6 Å². The average Bonchev–Trinajstić information content (AvgIpc) is 3.15. The number of methoxy groups -OCH3 is 1. The van der Waals surface area contributed by atoms with Gasteiger partial charge in [-0.3, -0.25) is 14.7 Å². The van der Waals surface area contributed by atoms with Gasteiger partial charge in [-0.25, -0.2) is 9.48 Å². The van der Waals surface area contributed by atoms with E-state index < -0.39 is 12.1 Å². The standard InChI is InChI=1S/C15H16Cl2N6O3/c1-26-3-2-22-7-10(20-21-22)5-12-14(24)23(15(25)19-12)8-13-11(17)4-9(16)6-18-13/h4,6-7,12H,2-3,5,8H2,1H3,(H,19,25). The van der Waals surface area contributed by atoms with Crippen molar-refractivity contribution in [3.63, 3.8) is 0 Å². The van der Waals surface area contributed by atoms with Crippen molar-refractivity contribution >= 4 is 35.1 Å². The number of halogens is 2. The Morgan fingerprint density at radius 1 is 1.35 bits per heavy atom. The van der Waals surface area contributed by atoms with Gasteiger partial charge in [-0.05, 0) is 6.07 Å². The smallest absolute Gasteiger partial charge is 0.325 e. The van der Waals surface area contributed by atoms with Gasteiger partial charge in [0.05, 0.1) is 41.1 Å². The van der Waals surface area contributed by atoms with Gasteiger partial charge in [-0.2, -0.15) is 0 Å². The summed E-state index contributed by atoms with van der Waals surface area (Å²) < 4.78 is 6.60. The van der Waals surface area contributed by atoms with Crippen molar-refractivity contribution in [2.75, 3.05) is 13.7 Å². The molecule has 9 nitrogen and oxygen atoms in total. The van der Waals surface area contributed by atoms with E-state index in [0.717, 1.165) is 4.90 Å². The number of nitrogens with zero attached hydrogens (tertiary/aromatic N) is 5. The lowest BCUT2D eigenvalue weighted by Gasteiger charge is -2.13. The molecule has 2 aromatic heterocycles. The molecule has 138 valence electrons. The normalized spacial score (nSPS) is 17.0. The molecule has 3 amide bonds. The van der Waals surface area contributed by atoms with Crippen LogP contribution in [0, 0.1) is 0 Å². The number of imide groups is 1. The number of amides is 3. The minimum absolute atomic E-state index is 0.0301. The third-order valence-electron chi connectivity index (χ3n) is 3.82. The lowest BCUT2D eigenvalue weighted by molar-refractivity contribution is -0.127. The summed E-state index contributed by atoms with van der Waals surface area (Å²) in [5.74, 6) is -0.366. The van der Waals surface area contributed by atoms with Gasteiger partial charge in [0.15, 0.2) is 0 Å². The predicted molar refractivity (Wildman–Crippen MR) is 92.7 cm³/mol. The Hall–Kier alpha value is -2.23. The number of urea groups is 1. The maximum atomic E-state index is 12.6. The van der Waals surface area contributed by atoms with E-state index in [1.165, 1.54) is 12.3 Å². The fraction of sp³-hybridized carbons (Fsp3) is 0.400. The molecule has 1 atom stereocenters. The van der Waals surface area contributed by atoms with Crippen LogP contribution in [0.15, 0.2) is 18.5 Å². The third-order valence-corrected chi connectivity index (χ3v) is 4.36. The Balaban J connectivity index is 1.65. The van der Waals surface area contributed by atoms with Crippen molar-refractivity contribution in [3.05, 3.63) is 39.9 Å². The fourth-order valence-corrected chi connectivity index (χ4v) is 2.95. The van der Waals surface area contributed by atoms with E-state index in [2.05, 4.69) is 20.6 Å². The molecule has 11 heteroatoms. The summed E-state index contributed by atoms with van der Waals surface area (Å²) in [6.07, 6.45) is 3.38. The minimum Gasteiger partial charge on any atom is -0.383 e. The van der Waals surface area contributed by atoms with E-state index in [4.69, 9.17) is 27.9 Å². The molecule has 3 rings (SSSR count). The molecule has 0 saturated carbocycles. The second kappa shape index (κ2) is 7.98. The molecule has 0 aromatic carbocycles. The summed E-state index contributed by atoms with van der Waals surface area (Å²) in [7, 11) is 1.60. The molecular weight excluding hydrogens is 383 g/mol. The van der Waals surface area contributed by atoms with E-state index >= 15 is 0 Å². The number of pyridine rings is 1. The molecule has 0 radical (unpaired) electrons.